The van der Waals surface area contributed by atoms with Crippen LogP contribution in [0.2, 0.25) is 0 Å². The van der Waals surface area contributed by atoms with Crippen LogP contribution >= 0.6 is 0 Å². The fourth-order valence-corrected chi connectivity index (χ4v) is 1.52. The minimum atomic E-state index is -0.147. The number of benzene rings is 1. The van der Waals surface area contributed by atoms with E-state index < -0.39 is 0 Å². The zero-order valence-corrected chi connectivity index (χ0v) is 10.9. The van der Waals surface area contributed by atoms with Gasteiger partial charge in [0.05, 0.1) is 12.5 Å². The predicted molar refractivity (Wildman–Crippen MR) is 71.4 cm³/mol. The van der Waals surface area contributed by atoms with Crippen molar-refractivity contribution in [2.45, 2.75) is 19.8 Å². The fourth-order valence-electron chi connectivity index (χ4n) is 1.52. The average Bonchev–Trinajstić information content (AvgIpc) is 2.39. The molecule has 19 heavy (non-hydrogen) atoms. The van der Waals surface area contributed by atoms with Crippen LogP contribution in [0.5, 0.6) is 0 Å². The largest absolute Gasteiger partial charge is 0.356 e. The lowest BCUT2D eigenvalue weighted by atomic mass is 10.1. The normalized spacial score (nSPS) is 9.47. The molecule has 0 heterocycles. The van der Waals surface area contributed by atoms with Gasteiger partial charge in [0.2, 0.25) is 5.91 Å². The highest BCUT2D eigenvalue weighted by Crippen LogP contribution is 2.04. The zero-order chi connectivity index (χ0) is 14.1. The second kappa shape index (κ2) is 7.88. The molecule has 0 saturated carbocycles. The number of amides is 2. The molecule has 0 aliphatic carbocycles. The first kappa shape index (κ1) is 14.7. The molecule has 1 aromatic carbocycles. The van der Waals surface area contributed by atoms with Gasteiger partial charge in [-0.25, -0.2) is 0 Å². The van der Waals surface area contributed by atoms with Gasteiger partial charge >= 0.3 is 0 Å². The molecule has 0 aliphatic heterocycles. The quantitative estimate of drug-likeness (QED) is 0.748. The van der Waals surface area contributed by atoms with Gasteiger partial charge in [-0.05, 0) is 24.1 Å². The van der Waals surface area contributed by atoms with E-state index in [4.69, 9.17) is 5.26 Å². The highest BCUT2D eigenvalue weighted by atomic mass is 16.2. The van der Waals surface area contributed by atoms with Crippen LogP contribution in [0.4, 0.5) is 0 Å². The van der Waals surface area contributed by atoms with Crippen molar-refractivity contribution in [1.82, 2.24) is 10.6 Å². The van der Waals surface area contributed by atoms with E-state index in [0.717, 1.165) is 5.56 Å². The van der Waals surface area contributed by atoms with Gasteiger partial charge in [0.15, 0.2) is 0 Å². The third kappa shape index (κ3) is 5.68. The standard InChI is InChI=1S/C14H17N3O2/c1-11(18)16-9-2-10-17-14(19)13-5-3-12(4-6-13)7-8-15/h3-6H,2,7,9-10H2,1H3,(H,16,18)(H,17,19). The Morgan fingerprint density at radius 1 is 1.16 bits per heavy atom. The Hall–Kier alpha value is -2.35. The molecule has 5 heteroatoms. The van der Waals surface area contributed by atoms with Gasteiger partial charge in [0.1, 0.15) is 0 Å². The number of hydrogen-bond acceptors (Lipinski definition) is 3. The Balaban J connectivity index is 2.33. The molecule has 0 fully saturated rings. The van der Waals surface area contributed by atoms with Crippen molar-refractivity contribution in [3.8, 4) is 6.07 Å². The zero-order valence-electron chi connectivity index (χ0n) is 10.9. The summed E-state index contributed by atoms with van der Waals surface area (Å²) in [5, 5.41) is 14.0. The number of carbonyl (C=O) groups excluding carboxylic acids is 2. The predicted octanol–water partition coefficient (Wildman–Crippen LogP) is 1.01. The molecule has 0 aliphatic rings. The summed E-state index contributed by atoms with van der Waals surface area (Å²) in [7, 11) is 0. The van der Waals surface area contributed by atoms with E-state index in [1.54, 1.807) is 24.3 Å². The topological polar surface area (TPSA) is 82.0 Å². The first-order chi connectivity index (χ1) is 9.13. The van der Waals surface area contributed by atoms with Crippen LogP contribution in [-0.4, -0.2) is 24.9 Å². The van der Waals surface area contributed by atoms with Gasteiger partial charge in [-0.15, -0.1) is 0 Å². The lowest BCUT2D eigenvalue weighted by Crippen LogP contribution is -2.28. The van der Waals surface area contributed by atoms with E-state index in [-0.39, 0.29) is 11.8 Å². The van der Waals surface area contributed by atoms with Crippen LogP contribution in [0, 0.1) is 11.3 Å². The monoisotopic (exact) mass is 259 g/mol. The van der Waals surface area contributed by atoms with Crippen molar-refractivity contribution in [3.05, 3.63) is 35.4 Å². The summed E-state index contributed by atoms with van der Waals surface area (Å²) in [5.41, 5.74) is 1.46. The molecule has 0 radical (unpaired) electrons. The second-order valence-electron chi connectivity index (χ2n) is 4.12. The smallest absolute Gasteiger partial charge is 0.251 e. The number of nitrogens with zero attached hydrogens (tertiary/aromatic N) is 1. The van der Waals surface area contributed by atoms with Crippen molar-refractivity contribution in [1.29, 1.82) is 5.26 Å². The van der Waals surface area contributed by atoms with Crippen LogP contribution in [0.25, 0.3) is 0 Å². The number of carbonyl (C=O) groups is 2. The maximum atomic E-state index is 11.7. The van der Waals surface area contributed by atoms with Crippen LogP contribution in [-0.2, 0) is 11.2 Å². The average molecular weight is 259 g/mol. The first-order valence-corrected chi connectivity index (χ1v) is 6.12. The van der Waals surface area contributed by atoms with Gasteiger partial charge in [-0.1, -0.05) is 12.1 Å². The van der Waals surface area contributed by atoms with E-state index in [2.05, 4.69) is 16.7 Å². The maximum Gasteiger partial charge on any atom is 0.251 e. The Morgan fingerprint density at radius 2 is 1.79 bits per heavy atom. The van der Waals surface area contributed by atoms with E-state index in [9.17, 15) is 9.59 Å². The third-order valence-corrected chi connectivity index (χ3v) is 2.51. The van der Waals surface area contributed by atoms with Crippen molar-refractivity contribution >= 4 is 11.8 Å². The molecule has 0 unspecified atom stereocenters. The highest BCUT2D eigenvalue weighted by Gasteiger charge is 2.04. The summed E-state index contributed by atoms with van der Waals surface area (Å²) >= 11 is 0. The minimum absolute atomic E-state index is 0.0700. The molecule has 100 valence electrons. The molecule has 1 rings (SSSR count). The molecule has 2 amide bonds. The van der Waals surface area contributed by atoms with Crippen molar-refractivity contribution in [2.75, 3.05) is 13.1 Å². The van der Waals surface area contributed by atoms with E-state index in [0.29, 0.717) is 31.5 Å². The first-order valence-electron chi connectivity index (χ1n) is 6.12. The second-order valence-corrected chi connectivity index (χ2v) is 4.12. The number of rotatable bonds is 6. The summed E-state index contributed by atoms with van der Waals surface area (Å²) < 4.78 is 0. The lowest BCUT2D eigenvalue weighted by Gasteiger charge is -2.06. The highest BCUT2D eigenvalue weighted by molar-refractivity contribution is 5.94. The van der Waals surface area contributed by atoms with E-state index in [1.807, 2.05) is 0 Å². The Morgan fingerprint density at radius 3 is 2.37 bits per heavy atom. The van der Waals surface area contributed by atoms with Crippen LogP contribution in [0.15, 0.2) is 24.3 Å². The van der Waals surface area contributed by atoms with E-state index in [1.165, 1.54) is 6.92 Å². The number of nitriles is 1. The van der Waals surface area contributed by atoms with Gasteiger partial charge in [-0.3, -0.25) is 9.59 Å². The molecular formula is C14H17N3O2. The molecule has 0 saturated heterocycles. The lowest BCUT2D eigenvalue weighted by molar-refractivity contribution is -0.118. The Labute approximate surface area is 112 Å². The SMILES string of the molecule is CC(=O)NCCCNC(=O)c1ccc(CC#N)cc1. The van der Waals surface area contributed by atoms with Gasteiger partial charge < -0.3 is 10.6 Å². The molecule has 0 bridgehead atoms. The van der Waals surface area contributed by atoms with Crippen molar-refractivity contribution < 1.29 is 9.59 Å². The molecule has 5 nitrogen and oxygen atoms in total. The summed E-state index contributed by atoms with van der Waals surface area (Å²) in [6.07, 6.45) is 1.04. The third-order valence-electron chi connectivity index (χ3n) is 2.51. The molecule has 0 aromatic heterocycles. The summed E-state index contributed by atoms with van der Waals surface area (Å²) in [5.74, 6) is -0.217. The van der Waals surface area contributed by atoms with Crippen LogP contribution in [0.1, 0.15) is 29.3 Å². The molecule has 0 atom stereocenters. The maximum absolute atomic E-state index is 11.7. The van der Waals surface area contributed by atoms with Gasteiger partial charge in [-0.2, -0.15) is 5.26 Å². The summed E-state index contributed by atoms with van der Waals surface area (Å²) in [6.45, 7) is 2.52. The molecular weight excluding hydrogens is 242 g/mol. The molecule has 2 N–H and O–H groups in total. The molecule has 1 aromatic rings. The summed E-state index contributed by atoms with van der Waals surface area (Å²) in [4.78, 5) is 22.4. The van der Waals surface area contributed by atoms with E-state index >= 15 is 0 Å². The van der Waals surface area contributed by atoms with Crippen molar-refractivity contribution in [3.63, 3.8) is 0 Å². The fraction of sp³-hybridized carbons (Fsp3) is 0.357. The number of hydrogen-bond donors (Lipinski definition) is 2. The van der Waals surface area contributed by atoms with Crippen LogP contribution < -0.4 is 10.6 Å². The number of nitrogens with one attached hydrogen (secondary N) is 2. The minimum Gasteiger partial charge on any atom is -0.356 e. The van der Waals surface area contributed by atoms with Crippen molar-refractivity contribution in [2.24, 2.45) is 0 Å². The molecule has 0 spiro atoms. The Bertz CT molecular complexity index is 474. The Kier molecular flexibility index (Phi) is 6.10. The van der Waals surface area contributed by atoms with Gasteiger partial charge in [0, 0.05) is 25.6 Å². The van der Waals surface area contributed by atoms with Crippen LogP contribution in [0.3, 0.4) is 0 Å². The van der Waals surface area contributed by atoms with Gasteiger partial charge in [0.25, 0.3) is 5.91 Å². The summed E-state index contributed by atoms with van der Waals surface area (Å²) in [6, 6.07) is 9.01.